The Morgan fingerprint density at radius 1 is 1.39 bits per heavy atom. The number of rotatable bonds is 4. The molecule has 3 N–H and O–H groups in total. The summed E-state index contributed by atoms with van der Waals surface area (Å²) in [5.74, 6) is 0.209. The van der Waals surface area contributed by atoms with Gasteiger partial charge in [-0.15, -0.1) is 0 Å². The van der Waals surface area contributed by atoms with E-state index in [-0.39, 0.29) is 17.4 Å². The van der Waals surface area contributed by atoms with Crippen molar-refractivity contribution in [3.05, 3.63) is 35.4 Å². The SMILES string of the molecule is CCC(C)(CN)NC(=O)C1Cc2ccccc2C1. The Kier molecular flexibility index (Phi) is 3.71. The van der Waals surface area contributed by atoms with Crippen molar-refractivity contribution in [1.29, 1.82) is 0 Å². The quantitative estimate of drug-likeness (QED) is 0.848. The van der Waals surface area contributed by atoms with Crippen LogP contribution < -0.4 is 11.1 Å². The second-order valence-corrected chi connectivity index (χ2v) is 5.48. The van der Waals surface area contributed by atoms with Crippen molar-refractivity contribution >= 4 is 5.91 Å². The number of hydrogen-bond donors (Lipinski definition) is 2. The summed E-state index contributed by atoms with van der Waals surface area (Å²) in [6.07, 6.45) is 2.56. The molecule has 0 saturated carbocycles. The standard InChI is InChI=1S/C15H22N2O/c1-3-15(2,10-16)17-14(18)13-8-11-6-4-5-7-12(11)9-13/h4-7,13H,3,8-10,16H2,1-2H3,(H,17,18). The van der Waals surface area contributed by atoms with Gasteiger partial charge in [-0.1, -0.05) is 31.2 Å². The summed E-state index contributed by atoms with van der Waals surface area (Å²) in [5.41, 5.74) is 8.08. The van der Waals surface area contributed by atoms with Gasteiger partial charge in [-0.05, 0) is 37.3 Å². The summed E-state index contributed by atoms with van der Waals surface area (Å²) < 4.78 is 0. The van der Waals surface area contributed by atoms with Crippen molar-refractivity contribution < 1.29 is 4.79 Å². The van der Waals surface area contributed by atoms with E-state index in [1.54, 1.807) is 0 Å². The van der Waals surface area contributed by atoms with E-state index in [2.05, 4.69) is 24.4 Å². The highest BCUT2D eigenvalue weighted by atomic mass is 16.2. The maximum atomic E-state index is 12.3. The molecule has 1 unspecified atom stereocenters. The lowest BCUT2D eigenvalue weighted by Gasteiger charge is -2.29. The van der Waals surface area contributed by atoms with Crippen molar-refractivity contribution in [2.45, 2.75) is 38.6 Å². The van der Waals surface area contributed by atoms with Crippen LogP contribution in [-0.4, -0.2) is 18.0 Å². The molecule has 0 saturated heterocycles. The molecule has 0 fully saturated rings. The van der Waals surface area contributed by atoms with Gasteiger partial charge in [0.25, 0.3) is 0 Å². The number of nitrogens with two attached hydrogens (primary N) is 1. The zero-order valence-corrected chi connectivity index (χ0v) is 11.2. The average Bonchev–Trinajstić information content (AvgIpc) is 2.82. The molecule has 3 heteroatoms. The zero-order chi connectivity index (χ0) is 13.2. The van der Waals surface area contributed by atoms with Crippen molar-refractivity contribution in [1.82, 2.24) is 5.32 Å². The van der Waals surface area contributed by atoms with Crippen LogP contribution >= 0.6 is 0 Å². The van der Waals surface area contributed by atoms with E-state index in [1.807, 2.05) is 19.1 Å². The Morgan fingerprint density at radius 3 is 2.39 bits per heavy atom. The van der Waals surface area contributed by atoms with Crippen molar-refractivity contribution in [2.24, 2.45) is 11.7 Å². The van der Waals surface area contributed by atoms with Crippen LogP contribution in [0.4, 0.5) is 0 Å². The van der Waals surface area contributed by atoms with E-state index in [1.165, 1.54) is 11.1 Å². The third-order valence-corrected chi connectivity index (χ3v) is 4.08. The monoisotopic (exact) mass is 246 g/mol. The van der Waals surface area contributed by atoms with Gasteiger partial charge in [0, 0.05) is 18.0 Å². The van der Waals surface area contributed by atoms with Crippen molar-refractivity contribution in [2.75, 3.05) is 6.54 Å². The van der Waals surface area contributed by atoms with E-state index in [9.17, 15) is 4.79 Å². The molecule has 3 nitrogen and oxygen atoms in total. The van der Waals surface area contributed by atoms with Crippen LogP contribution in [0.2, 0.25) is 0 Å². The first-order valence-electron chi connectivity index (χ1n) is 6.67. The summed E-state index contributed by atoms with van der Waals surface area (Å²) in [5, 5.41) is 3.11. The van der Waals surface area contributed by atoms with Crippen LogP contribution in [0.25, 0.3) is 0 Å². The number of carbonyl (C=O) groups is 1. The maximum absolute atomic E-state index is 12.3. The van der Waals surface area contributed by atoms with Crippen LogP contribution in [0.3, 0.4) is 0 Å². The molecule has 1 atom stereocenters. The normalized spacial score (nSPS) is 18.2. The van der Waals surface area contributed by atoms with E-state index >= 15 is 0 Å². The second-order valence-electron chi connectivity index (χ2n) is 5.48. The van der Waals surface area contributed by atoms with Gasteiger partial charge in [0.05, 0.1) is 0 Å². The Bertz CT molecular complexity index is 413. The molecule has 0 spiro atoms. The first-order valence-corrected chi connectivity index (χ1v) is 6.67. The Morgan fingerprint density at radius 2 is 1.94 bits per heavy atom. The lowest BCUT2D eigenvalue weighted by Crippen LogP contribution is -2.52. The number of benzene rings is 1. The molecule has 2 rings (SSSR count). The minimum atomic E-state index is -0.272. The fourth-order valence-electron chi connectivity index (χ4n) is 2.43. The second kappa shape index (κ2) is 5.11. The molecule has 1 aliphatic rings. The molecule has 1 aliphatic carbocycles. The van der Waals surface area contributed by atoms with Gasteiger partial charge in [-0.25, -0.2) is 0 Å². The molecular formula is C15H22N2O. The maximum Gasteiger partial charge on any atom is 0.224 e. The molecule has 0 aliphatic heterocycles. The molecule has 0 aromatic heterocycles. The summed E-state index contributed by atoms with van der Waals surface area (Å²) in [6.45, 7) is 4.54. The number of nitrogens with one attached hydrogen (secondary N) is 1. The van der Waals surface area contributed by atoms with Crippen LogP contribution in [-0.2, 0) is 17.6 Å². The average molecular weight is 246 g/mol. The third-order valence-electron chi connectivity index (χ3n) is 4.08. The first kappa shape index (κ1) is 13.1. The first-order chi connectivity index (χ1) is 8.58. The van der Waals surface area contributed by atoms with Gasteiger partial charge in [-0.3, -0.25) is 4.79 Å². The van der Waals surface area contributed by atoms with Crippen LogP contribution in [0.5, 0.6) is 0 Å². The zero-order valence-electron chi connectivity index (χ0n) is 11.2. The molecule has 1 amide bonds. The third kappa shape index (κ3) is 2.56. The Labute approximate surface area is 109 Å². The highest BCUT2D eigenvalue weighted by Gasteiger charge is 2.31. The van der Waals surface area contributed by atoms with Crippen LogP contribution in [0.1, 0.15) is 31.4 Å². The lowest BCUT2D eigenvalue weighted by molar-refractivity contribution is -0.126. The van der Waals surface area contributed by atoms with Crippen molar-refractivity contribution in [3.8, 4) is 0 Å². The fourth-order valence-corrected chi connectivity index (χ4v) is 2.43. The number of carbonyl (C=O) groups excluding carboxylic acids is 1. The van der Waals surface area contributed by atoms with Crippen LogP contribution in [0.15, 0.2) is 24.3 Å². The highest BCUT2D eigenvalue weighted by molar-refractivity contribution is 5.81. The molecule has 1 aromatic carbocycles. The fraction of sp³-hybridized carbons (Fsp3) is 0.533. The van der Waals surface area contributed by atoms with E-state index in [0.717, 1.165) is 19.3 Å². The summed E-state index contributed by atoms with van der Waals surface area (Å²) in [4.78, 5) is 12.3. The molecule has 0 bridgehead atoms. The lowest BCUT2D eigenvalue weighted by atomic mass is 9.96. The van der Waals surface area contributed by atoms with Gasteiger partial charge in [0.1, 0.15) is 0 Å². The molecule has 0 heterocycles. The summed E-state index contributed by atoms with van der Waals surface area (Å²) in [6, 6.07) is 8.31. The predicted octanol–water partition coefficient (Wildman–Crippen LogP) is 1.65. The predicted molar refractivity (Wildman–Crippen MR) is 73.2 cm³/mol. The van der Waals surface area contributed by atoms with Gasteiger partial charge < -0.3 is 11.1 Å². The number of hydrogen-bond acceptors (Lipinski definition) is 2. The Hall–Kier alpha value is -1.35. The molecule has 18 heavy (non-hydrogen) atoms. The van der Waals surface area contributed by atoms with Gasteiger partial charge in [0.2, 0.25) is 5.91 Å². The molecular weight excluding hydrogens is 224 g/mol. The molecule has 1 aromatic rings. The van der Waals surface area contributed by atoms with E-state index < -0.39 is 0 Å². The molecule has 0 radical (unpaired) electrons. The minimum absolute atomic E-state index is 0.0693. The summed E-state index contributed by atoms with van der Waals surface area (Å²) in [7, 11) is 0. The minimum Gasteiger partial charge on any atom is -0.349 e. The van der Waals surface area contributed by atoms with Gasteiger partial charge in [-0.2, -0.15) is 0 Å². The van der Waals surface area contributed by atoms with Crippen LogP contribution in [0, 0.1) is 5.92 Å². The Balaban J connectivity index is 2.01. The smallest absolute Gasteiger partial charge is 0.224 e. The van der Waals surface area contributed by atoms with E-state index in [4.69, 9.17) is 5.73 Å². The van der Waals surface area contributed by atoms with Gasteiger partial charge in [0.15, 0.2) is 0 Å². The highest BCUT2D eigenvalue weighted by Crippen LogP contribution is 2.27. The number of amides is 1. The molecule has 98 valence electrons. The topological polar surface area (TPSA) is 55.1 Å². The summed E-state index contributed by atoms with van der Waals surface area (Å²) >= 11 is 0. The largest absolute Gasteiger partial charge is 0.349 e. The van der Waals surface area contributed by atoms with E-state index in [0.29, 0.717) is 6.54 Å². The van der Waals surface area contributed by atoms with Gasteiger partial charge >= 0.3 is 0 Å². The van der Waals surface area contributed by atoms with Crippen molar-refractivity contribution in [3.63, 3.8) is 0 Å². The number of fused-ring (bicyclic) bond motifs is 1.